The zero-order valence-electron chi connectivity index (χ0n) is 10.9. The van der Waals surface area contributed by atoms with E-state index in [4.69, 9.17) is 6.42 Å². The number of hydrogen-bond donors (Lipinski definition) is 2. The van der Waals surface area contributed by atoms with Gasteiger partial charge in [-0.3, -0.25) is 0 Å². The van der Waals surface area contributed by atoms with Crippen LogP contribution in [0.15, 0.2) is 54.6 Å². The predicted molar refractivity (Wildman–Crippen MR) is 78.8 cm³/mol. The van der Waals surface area contributed by atoms with Crippen molar-refractivity contribution in [2.45, 2.75) is 12.5 Å². The Balaban J connectivity index is 2.36. The first-order chi connectivity index (χ1) is 9.20. The number of rotatable bonds is 4. The van der Waals surface area contributed by atoms with Gasteiger partial charge < -0.3 is 10.4 Å². The van der Waals surface area contributed by atoms with Gasteiger partial charge in [0.2, 0.25) is 0 Å². The van der Waals surface area contributed by atoms with E-state index in [9.17, 15) is 5.11 Å². The van der Waals surface area contributed by atoms with Crippen molar-refractivity contribution >= 4 is 5.69 Å². The van der Waals surface area contributed by atoms with Gasteiger partial charge in [-0.05, 0) is 24.6 Å². The number of hydrogen-bond acceptors (Lipinski definition) is 2. The summed E-state index contributed by atoms with van der Waals surface area (Å²) >= 11 is 0. The van der Waals surface area contributed by atoms with Crippen molar-refractivity contribution in [2.75, 3.05) is 11.9 Å². The highest BCUT2D eigenvalue weighted by Gasteiger charge is 2.28. The van der Waals surface area contributed by atoms with Gasteiger partial charge in [0.05, 0.1) is 6.61 Å². The Hall–Kier alpha value is -2.24. The molecule has 0 aliphatic heterocycles. The molecule has 0 radical (unpaired) electrons. The van der Waals surface area contributed by atoms with Gasteiger partial charge in [0, 0.05) is 5.69 Å². The van der Waals surface area contributed by atoms with E-state index in [0.29, 0.717) is 0 Å². The maximum absolute atomic E-state index is 9.74. The van der Waals surface area contributed by atoms with Crippen molar-refractivity contribution in [1.82, 2.24) is 0 Å². The van der Waals surface area contributed by atoms with Crippen LogP contribution in [0.25, 0.3) is 0 Å². The van der Waals surface area contributed by atoms with Crippen molar-refractivity contribution in [3.8, 4) is 12.3 Å². The highest BCUT2D eigenvalue weighted by atomic mass is 16.3. The molecular weight excluding hydrogens is 234 g/mol. The molecule has 2 rings (SSSR count). The van der Waals surface area contributed by atoms with Gasteiger partial charge in [-0.15, -0.1) is 6.42 Å². The summed E-state index contributed by atoms with van der Waals surface area (Å²) in [5.41, 5.74) is 2.05. The SMILES string of the molecule is C#C[C@](CO)(Nc1ccc(C)cc1)c1ccccc1. The minimum absolute atomic E-state index is 0.165. The van der Waals surface area contributed by atoms with Gasteiger partial charge in [-0.25, -0.2) is 0 Å². The molecule has 2 heteroatoms. The first-order valence-corrected chi connectivity index (χ1v) is 6.19. The van der Waals surface area contributed by atoms with Crippen LogP contribution in [0.3, 0.4) is 0 Å². The fraction of sp³-hybridized carbons (Fsp3) is 0.176. The van der Waals surface area contributed by atoms with Crippen LogP contribution in [-0.2, 0) is 5.54 Å². The number of aryl methyl sites for hydroxylation is 1. The van der Waals surface area contributed by atoms with Crippen LogP contribution in [0, 0.1) is 19.3 Å². The van der Waals surface area contributed by atoms with Crippen LogP contribution in [0.1, 0.15) is 11.1 Å². The fourth-order valence-electron chi connectivity index (χ4n) is 1.97. The molecule has 0 unspecified atom stereocenters. The molecule has 2 aromatic carbocycles. The maximum Gasteiger partial charge on any atom is 0.148 e. The number of aliphatic hydroxyl groups is 1. The van der Waals surface area contributed by atoms with E-state index in [1.165, 1.54) is 5.56 Å². The highest BCUT2D eigenvalue weighted by Crippen LogP contribution is 2.25. The quantitative estimate of drug-likeness (QED) is 0.819. The smallest absolute Gasteiger partial charge is 0.148 e. The molecule has 0 heterocycles. The monoisotopic (exact) mass is 251 g/mol. The van der Waals surface area contributed by atoms with E-state index >= 15 is 0 Å². The van der Waals surface area contributed by atoms with Gasteiger partial charge in [-0.2, -0.15) is 0 Å². The van der Waals surface area contributed by atoms with Crippen LogP contribution in [0.5, 0.6) is 0 Å². The first-order valence-electron chi connectivity index (χ1n) is 6.19. The van der Waals surface area contributed by atoms with Crippen molar-refractivity contribution in [2.24, 2.45) is 0 Å². The molecule has 0 aliphatic carbocycles. The van der Waals surface area contributed by atoms with E-state index in [2.05, 4.69) is 11.2 Å². The summed E-state index contributed by atoms with van der Waals surface area (Å²) in [6, 6.07) is 17.5. The molecule has 2 N–H and O–H groups in total. The van der Waals surface area contributed by atoms with Gasteiger partial charge in [0.15, 0.2) is 0 Å². The Morgan fingerprint density at radius 1 is 1.11 bits per heavy atom. The van der Waals surface area contributed by atoms with E-state index in [1.807, 2.05) is 61.5 Å². The lowest BCUT2D eigenvalue weighted by molar-refractivity contribution is 0.246. The summed E-state index contributed by atoms with van der Waals surface area (Å²) in [4.78, 5) is 0. The summed E-state index contributed by atoms with van der Waals surface area (Å²) in [7, 11) is 0. The number of aliphatic hydroxyl groups excluding tert-OH is 1. The molecule has 19 heavy (non-hydrogen) atoms. The summed E-state index contributed by atoms with van der Waals surface area (Å²) < 4.78 is 0. The molecule has 0 spiro atoms. The predicted octanol–water partition coefficient (Wildman–Crippen LogP) is 2.93. The number of nitrogens with one attached hydrogen (secondary N) is 1. The molecule has 0 saturated heterocycles. The second-order valence-corrected chi connectivity index (χ2v) is 4.56. The molecule has 0 saturated carbocycles. The summed E-state index contributed by atoms with van der Waals surface area (Å²) in [5, 5.41) is 13.0. The van der Waals surface area contributed by atoms with Crippen molar-refractivity contribution in [1.29, 1.82) is 0 Å². The number of anilines is 1. The lowest BCUT2D eigenvalue weighted by Crippen LogP contribution is -2.37. The lowest BCUT2D eigenvalue weighted by atomic mass is 9.91. The van der Waals surface area contributed by atoms with Crippen LogP contribution in [0.4, 0.5) is 5.69 Å². The second kappa shape index (κ2) is 5.60. The Morgan fingerprint density at radius 2 is 1.74 bits per heavy atom. The molecule has 2 aromatic rings. The molecule has 0 bridgehead atoms. The maximum atomic E-state index is 9.74. The molecular formula is C17H17NO. The molecule has 2 nitrogen and oxygen atoms in total. The third kappa shape index (κ3) is 2.78. The Labute approximate surface area is 114 Å². The fourth-order valence-corrected chi connectivity index (χ4v) is 1.97. The Kier molecular flexibility index (Phi) is 3.89. The standard InChI is InChI=1S/C17H17NO/c1-3-17(13-19,15-7-5-4-6-8-15)18-16-11-9-14(2)10-12-16/h1,4-12,18-19H,13H2,2H3/t17-/m1/s1. The van der Waals surface area contributed by atoms with Crippen molar-refractivity contribution in [3.63, 3.8) is 0 Å². The van der Waals surface area contributed by atoms with E-state index in [-0.39, 0.29) is 6.61 Å². The minimum Gasteiger partial charge on any atom is -0.393 e. The number of benzene rings is 2. The topological polar surface area (TPSA) is 32.3 Å². The summed E-state index contributed by atoms with van der Waals surface area (Å²) in [6.07, 6.45) is 5.66. The summed E-state index contributed by atoms with van der Waals surface area (Å²) in [6.45, 7) is 1.86. The second-order valence-electron chi connectivity index (χ2n) is 4.56. The zero-order valence-corrected chi connectivity index (χ0v) is 10.9. The van der Waals surface area contributed by atoms with Gasteiger partial charge in [0.1, 0.15) is 5.54 Å². The number of terminal acetylenes is 1. The van der Waals surface area contributed by atoms with Crippen molar-refractivity contribution in [3.05, 3.63) is 65.7 Å². The molecule has 96 valence electrons. The lowest BCUT2D eigenvalue weighted by Gasteiger charge is -2.29. The highest BCUT2D eigenvalue weighted by molar-refractivity contribution is 5.52. The third-order valence-electron chi connectivity index (χ3n) is 3.16. The Morgan fingerprint density at radius 3 is 2.26 bits per heavy atom. The normalized spacial score (nSPS) is 13.3. The van der Waals surface area contributed by atoms with Crippen LogP contribution in [-0.4, -0.2) is 11.7 Å². The average Bonchev–Trinajstić information content (AvgIpc) is 2.48. The molecule has 0 aliphatic rings. The molecule has 0 fully saturated rings. The van der Waals surface area contributed by atoms with E-state index in [0.717, 1.165) is 11.3 Å². The van der Waals surface area contributed by atoms with Gasteiger partial charge in [0.25, 0.3) is 0 Å². The molecule has 0 amide bonds. The van der Waals surface area contributed by atoms with E-state index in [1.54, 1.807) is 0 Å². The minimum atomic E-state index is -0.892. The van der Waals surface area contributed by atoms with E-state index < -0.39 is 5.54 Å². The van der Waals surface area contributed by atoms with Crippen LogP contribution < -0.4 is 5.32 Å². The molecule has 1 atom stereocenters. The largest absolute Gasteiger partial charge is 0.393 e. The first kappa shape index (κ1) is 13.2. The Bertz CT molecular complexity index is 568. The van der Waals surface area contributed by atoms with Gasteiger partial charge in [-0.1, -0.05) is 53.9 Å². The van der Waals surface area contributed by atoms with Crippen LogP contribution in [0.2, 0.25) is 0 Å². The molecule has 0 aromatic heterocycles. The zero-order chi connectivity index (χ0) is 13.7. The van der Waals surface area contributed by atoms with Gasteiger partial charge >= 0.3 is 0 Å². The van der Waals surface area contributed by atoms with Crippen LogP contribution >= 0.6 is 0 Å². The average molecular weight is 251 g/mol. The summed E-state index contributed by atoms with van der Waals surface area (Å²) in [5.74, 6) is 2.68. The third-order valence-corrected chi connectivity index (χ3v) is 3.16. The van der Waals surface area contributed by atoms with Crippen molar-refractivity contribution < 1.29 is 5.11 Å².